The third-order valence-corrected chi connectivity index (χ3v) is 2.32. The monoisotopic (exact) mass is 273 g/mol. The smallest absolute Gasteiger partial charge is 0.133 e. The van der Waals surface area contributed by atoms with Crippen molar-refractivity contribution in [1.82, 2.24) is 0 Å². The Hall–Kier alpha value is -1.11. The fraction of sp³-hybridized carbons (Fsp3) is 0.222. The van der Waals surface area contributed by atoms with E-state index in [-0.39, 0.29) is 5.84 Å². The van der Waals surface area contributed by atoms with Crippen molar-refractivity contribution in [2.45, 2.75) is 0 Å². The van der Waals surface area contributed by atoms with Gasteiger partial charge in [-0.05, 0) is 34.1 Å². The van der Waals surface area contributed by atoms with Gasteiger partial charge in [-0.15, -0.1) is 0 Å². The molecule has 15 heavy (non-hydrogen) atoms. The van der Waals surface area contributed by atoms with Gasteiger partial charge in [0.05, 0.1) is 4.47 Å². The maximum Gasteiger partial charge on any atom is 0.133 e. The average Bonchev–Trinajstić information content (AvgIpc) is 2.20. The van der Waals surface area contributed by atoms with Gasteiger partial charge in [0.15, 0.2) is 0 Å². The van der Waals surface area contributed by atoms with Crippen LogP contribution >= 0.6 is 15.9 Å². The summed E-state index contributed by atoms with van der Waals surface area (Å²) < 4.78 is 6.09. The van der Waals surface area contributed by atoms with Crippen molar-refractivity contribution in [2.24, 2.45) is 11.6 Å². The van der Waals surface area contributed by atoms with E-state index in [0.717, 1.165) is 4.47 Å². The summed E-state index contributed by atoms with van der Waals surface area (Å²) in [6.45, 7) is 0.690. The number of hydrogen-bond donors (Lipinski definition) is 3. The molecule has 1 aromatic rings. The molecule has 0 aliphatic heterocycles. The molecule has 0 aliphatic rings. The second kappa shape index (κ2) is 5.69. The summed E-state index contributed by atoms with van der Waals surface area (Å²) in [5, 5.41) is 7.25. The van der Waals surface area contributed by atoms with Crippen molar-refractivity contribution in [1.29, 1.82) is 5.41 Å². The first-order valence-electron chi connectivity index (χ1n) is 4.23. The Morgan fingerprint density at radius 2 is 2.13 bits per heavy atom. The van der Waals surface area contributed by atoms with Crippen LogP contribution in [0.5, 0.6) is 5.75 Å². The lowest BCUT2D eigenvalue weighted by Crippen LogP contribution is -2.12. The van der Waals surface area contributed by atoms with Crippen LogP contribution < -0.4 is 16.4 Å². The van der Waals surface area contributed by atoms with Crippen LogP contribution in [-0.4, -0.2) is 19.0 Å². The Morgan fingerprint density at radius 1 is 1.40 bits per heavy atom. The summed E-state index contributed by atoms with van der Waals surface area (Å²) in [6.07, 6.45) is 0. The van der Waals surface area contributed by atoms with Gasteiger partial charge in [-0.1, -0.05) is 0 Å². The number of hydrogen-bond acceptors (Lipinski definition) is 4. The van der Waals surface area contributed by atoms with E-state index in [1.807, 2.05) is 0 Å². The normalized spacial score (nSPS) is 10.0. The van der Waals surface area contributed by atoms with E-state index in [1.54, 1.807) is 18.2 Å². The molecule has 0 bridgehead atoms. The fourth-order valence-corrected chi connectivity index (χ4v) is 1.48. The average molecular weight is 274 g/mol. The number of amidine groups is 1. The zero-order valence-corrected chi connectivity index (χ0v) is 9.58. The molecule has 0 unspecified atom stereocenters. The first-order valence-corrected chi connectivity index (χ1v) is 5.03. The van der Waals surface area contributed by atoms with Crippen molar-refractivity contribution >= 4 is 21.8 Å². The molecule has 0 atom stereocenters. The Balaban J connectivity index is 2.70. The quantitative estimate of drug-likeness (QED) is 0.323. The summed E-state index contributed by atoms with van der Waals surface area (Å²) >= 11 is 3.32. The molecule has 0 fully saturated rings. The molecule has 0 heterocycles. The van der Waals surface area contributed by atoms with Crippen LogP contribution in [0.1, 0.15) is 5.56 Å². The number of nitrogens with two attached hydrogens (primary N) is 2. The standard InChI is InChI=1S/C9H12BrN3O2/c10-7-5-6(9(11)12)1-2-8(7)14-3-4-15-13/h1-2,5H,3-4,13H2,(H3,11,12). The molecule has 0 aromatic heterocycles. The van der Waals surface area contributed by atoms with Crippen LogP contribution in [0.2, 0.25) is 0 Å². The van der Waals surface area contributed by atoms with Gasteiger partial charge in [0.2, 0.25) is 0 Å². The van der Waals surface area contributed by atoms with Gasteiger partial charge in [0.1, 0.15) is 24.8 Å². The zero-order chi connectivity index (χ0) is 11.3. The SMILES string of the molecule is N=C(N)c1ccc(OCCON)c(Br)c1. The van der Waals surface area contributed by atoms with Crippen LogP contribution in [0.25, 0.3) is 0 Å². The fourth-order valence-electron chi connectivity index (χ4n) is 0.985. The maximum atomic E-state index is 7.25. The maximum absolute atomic E-state index is 7.25. The largest absolute Gasteiger partial charge is 0.490 e. The van der Waals surface area contributed by atoms with Crippen molar-refractivity contribution < 1.29 is 9.57 Å². The molecule has 82 valence electrons. The van der Waals surface area contributed by atoms with Crippen LogP contribution in [0.15, 0.2) is 22.7 Å². The third-order valence-electron chi connectivity index (χ3n) is 1.70. The molecule has 1 aromatic carbocycles. The molecule has 6 heteroatoms. The molecule has 0 saturated carbocycles. The number of ether oxygens (including phenoxy) is 1. The topological polar surface area (TPSA) is 94.4 Å². The number of benzene rings is 1. The lowest BCUT2D eigenvalue weighted by atomic mass is 10.2. The molecule has 5 nitrogen and oxygen atoms in total. The van der Waals surface area contributed by atoms with E-state index in [2.05, 4.69) is 20.8 Å². The van der Waals surface area contributed by atoms with Crippen LogP contribution in [-0.2, 0) is 4.84 Å². The van der Waals surface area contributed by atoms with Gasteiger partial charge in [-0.3, -0.25) is 5.41 Å². The molecule has 1 rings (SSSR count). The highest BCUT2D eigenvalue weighted by atomic mass is 79.9. The van der Waals surface area contributed by atoms with Crippen molar-refractivity contribution in [3.8, 4) is 5.75 Å². The van der Waals surface area contributed by atoms with Crippen LogP contribution in [0, 0.1) is 5.41 Å². The van der Waals surface area contributed by atoms with Crippen molar-refractivity contribution in [3.63, 3.8) is 0 Å². The predicted molar refractivity (Wildman–Crippen MR) is 60.8 cm³/mol. The lowest BCUT2D eigenvalue weighted by Gasteiger charge is -2.08. The molecular formula is C9H12BrN3O2. The van der Waals surface area contributed by atoms with E-state index in [9.17, 15) is 0 Å². The zero-order valence-electron chi connectivity index (χ0n) is 8.00. The Bertz CT molecular complexity index is 357. The van der Waals surface area contributed by atoms with Gasteiger partial charge >= 0.3 is 0 Å². The van der Waals surface area contributed by atoms with E-state index in [1.165, 1.54) is 0 Å². The van der Waals surface area contributed by atoms with E-state index < -0.39 is 0 Å². The Labute approximate surface area is 95.9 Å². The second-order valence-electron chi connectivity index (χ2n) is 2.78. The highest BCUT2D eigenvalue weighted by Crippen LogP contribution is 2.25. The first kappa shape index (κ1) is 12.0. The van der Waals surface area contributed by atoms with Gasteiger partial charge in [0.25, 0.3) is 0 Å². The summed E-state index contributed by atoms with van der Waals surface area (Å²) in [6, 6.07) is 5.17. The van der Waals surface area contributed by atoms with Crippen LogP contribution in [0.4, 0.5) is 0 Å². The Morgan fingerprint density at radius 3 is 2.67 bits per heavy atom. The first-order chi connectivity index (χ1) is 7.15. The minimum atomic E-state index is 0.0209. The van der Waals surface area contributed by atoms with E-state index >= 15 is 0 Å². The minimum absolute atomic E-state index is 0.0209. The van der Waals surface area contributed by atoms with Gasteiger partial charge in [-0.2, -0.15) is 0 Å². The van der Waals surface area contributed by atoms with Crippen LogP contribution in [0.3, 0.4) is 0 Å². The lowest BCUT2D eigenvalue weighted by molar-refractivity contribution is 0.102. The second-order valence-corrected chi connectivity index (χ2v) is 3.63. The molecule has 0 radical (unpaired) electrons. The summed E-state index contributed by atoms with van der Waals surface area (Å²) in [5.41, 5.74) is 5.98. The molecule has 5 N–H and O–H groups in total. The van der Waals surface area contributed by atoms with E-state index in [4.69, 9.17) is 21.8 Å². The predicted octanol–water partition coefficient (Wildman–Crippen LogP) is 1.00. The van der Waals surface area contributed by atoms with Gasteiger partial charge < -0.3 is 15.3 Å². The molecular weight excluding hydrogens is 262 g/mol. The number of nitrogens with one attached hydrogen (secondary N) is 1. The van der Waals surface area contributed by atoms with Gasteiger partial charge in [0, 0.05) is 5.56 Å². The summed E-state index contributed by atoms with van der Waals surface area (Å²) in [5.74, 6) is 5.54. The summed E-state index contributed by atoms with van der Waals surface area (Å²) in [7, 11) is 0. The highest BCUT2D eigenvalue weighted by molar-refractivity contribution is 9.10. The molecule has 0 aliphatic carbocycles. The molecule has 0 saturated heterocycles. The van der Waals surface area contributed by atoms with Crippen molar-refractivity contribution in [3.05, 3.63) is 28.2 Å². The van der Waals surface area contributed by atoms with Gasteiger partial charge in [-0.25, -0.2) is 5.90 Å². The molecule has 0 amide bonds. The number of rotatable bonds is 5. The minimum Gasteiger partial charge on any atom is -0.490 e. The number of nitrogen functional groups attached to an aromatic ring is 1. The third kappa shape index (κ3) is 3.50. The summed E-state index contributed by atoms with van der Waals surface area (Å²) in [4.78, 5) is 4.37. The molecule has 0 spiro atoms. The Kier molecular flexibility index (Phi) is 4.54. The number of halogens is 1. The van der Waals surface area contributed by atoms with E-state index in [0.29, 0.717) is 24.5 Å². The highest BCUT2D eigenvalue weighted by Gasteiger charge is 2.04. The van der Waals surface area contributed by atoms with Crippen molar-refractivity contribution in [2.75, 3.05) is 13.2 Å².